The Morgan fingerprint density at radius 3 is 2.37 bits per heavy atom. The molecule has 2 heterocycles. The van der Waals surface area contributed by atoms with Gasteiger partial charge in [-0.2, -0.15) is 0 Å². The van der Waals surface area contributed by atoms with Gasteiger partial charge in [0, 0.05) is 11.6 Å². The van der Waals surface area contributed by atoms with Crippen LogP contribution in [0.15, 0.2) is 42.5 Å². The molecule has 2 saturated heterocycles. The van der Waals surface area contributed by atoms with Crippen LogP contribution >= 0.6 is 0 Å². The van der Waals surface area contributed by atoms with Gasteiger partial charge in [0.2, 0.25) is 11.8 Å². The Labute approximate surface area is 203 Å². The average molecular weight is 481 g/mol. The predicted molar refractivity (Wildman–Crippen MR) is 126 cm³/mol. The minimum atomic E-state index is -1.45. The number of esters is 1. The first-order valence-corrected chi connectivity index (χ1v) is 11.3. The second kappa shape index (κ2) is 9.14. The number of benzene rings is 2. The number of ketones is 1. The molecule has 9 nitrogen and oxygen atoms in total. The smallest absolute Gasteiger partial charge is 0.326 e. The summed E-state index contributed by atoms with van der Waals surface area (Å²) in [5.41, 5.74) is -0.119. The summed E-state index contributed by atoms with van der Waals surface area (Å²) in [6.45, 7) is 4.81. The number of imide groups is 1. The zero-order chi connectivity index (χ0) is 25.5. The molecule has 2 aliphatic heterocycles. The van der Waals surface area contributed by atoms with E-state index in [4.69, 9.17) is 14.2 Å². The Bertz CT molecular complexity index is 1210. The minimum Gasteiger partial charge on any atom is -0.493 e. The van der Waals surface area contributed by atoms with Crippen LogP contribution in [0.4, 0.5) is 5.69 Å². The lowest BCUT2D eigenvalue weighted by Crippen LogP contribution is -2.54. The van der Waals surface area contributed by atoms with Crippen LogP contribution in [0.25, 0.3) is 0 Å². The highest BCUT2D eigenvalue weighted by Gasteiger charge is 2.67. The number of nitrogens with zero attached hydrogens (tertiary/aromatic N) is 1. The number of nitrogens with one attached hydrogen (secondary N) is 1. The van der Waals surface area contributed by atoms with Crippen LogP contribution in [-0.4, -0.2) is 49.9 Å². The first kappa shape index (κ1) is 24.4. The molecule has 4 rings (SSSR count). The van der Waals surface area contributed by atoms with E-state index in [1.165, 1.54) is 27.2 Å². The molecule has 0 bridgehead atoms. The van der Waals surface area contributed by atoms with Gasteiger partial charge in [0.15, 0.2) is 17.3 Å². The first-order valence-electron chi connectivity index (χ1n) is 11.3. The van der Waals surface area contributed by atoms with Crippen LogP contribution < -0.4 is 19.7 Å². The van der Waals surface area contributed by atoms with Gasteiger partial charge in [-0.1, -0.05) is 18.2 Å². The van der Waals surface area contributed by atoms with E-state index >= 15 is 0 Å². The third-order valence-corrected chi connectivity index (χ3v) is 6.76. The van der Waals surface area contributed by atoms with Crippen molar-refractivity contribution in [3.05, 3.63) is 53.6 Å². The molecule has 0 aromatic heterocycles. The van der Waals surface area contributed by atoms with E-state index in [1.807, 2.05) is 0 Å². The lowest BCUT2D eigenvalue weighted by atomic mass is 9.80. The van der Waals surface area contributed by atoms with Crippen molar-refractivity contribution >= 4 is 29.3 Å². The summed E-state index contributed by atoms with van der Waals surface area (Å²) in [5, 5.41) is 3.23. The summed E-state index contributed by atoms with van der Waals surface area (Å²) < 4.78 is 16.0. The number of rotatable bonds is 7. The Morgan fingerprint density at radius 2 is 1.74 bits per heavy atom. The van der Waals surface area contributed by atoms with E-state index in [9.17, 15) is 19.2 Å². The molecule has 0 saturated carbocycles. The van der Waals surface area contributed by atoms with Crippen molar-refractivity contribution in [2.24, 2.45) is 11.8 Å². The number of Topliss-reactive ketones (excluding diaryl/α,β-unsaturated/α-hetero) is 1. The van der Waals surface area contributed by atoms with Crippen molar-refractivity contribution in [3.8, 4) is 11.5 Å². The van der Waals surface area contributed by atoms with Crippen molar-refractivity contribution in [2.75, 3.05) is 25.7 Å². The zero-order valence-electron chi connectivity index (χ0n) is 20.3. The molecule has 2 amide bonds. The molecule has 1 N–H and O–H groups in total. The molecular weight excluding hydrogens is 452 g/mol. The Balaban J connectivity index is 1.83. The number of carbonyl (C=O) groups excluding carboxylic acids is 4. The number of amides is 2. The van der Waals surface area contributed by atoms with Gasteiger partial charge in [0.1, 0.15) is 5.54 Å². The van der Waals surface area contributed by atoms with Crippen molar-refractivity contribution in [1.29, 1.82) is 0 Å². The Hall–Kier alpha value is -3.72. The SMILES string of the molecule is CCOC(=O)[C@]1(C)N[C@H](c2ccc(OC)c(OC)c2)[C@H]2C(=O)N(c3cccc(C(C)=O)c3)C(=O)[C@H]21. The van der Waals surface area contributed by atoms with Crippen LogP contribution in [0.2, 0.25) is 0 Å². The topological polar surface area (TPSA) is 111 Å². The standard InChI is InChI=1S/C26H28N2O7/c1-6-35-25(32)26(3)21-20(22(27-26)16-10-11-18(33-4)19(13-16)34-5)23(30)28(24(21)31)17-9-7-8-15(12-17)14(2)29/h7-13,20-22,27H,6H2,1-5H3/t20-,21-,22+,26+/m0/s1. The van der Waals surface area contributed by atoms with Gasteiger partial charge >= 0.3 is 5.97 Å². The monoisotopic (exact) mass is 480 g/mol. The van der Waals surface area contributed by atoms with Crippen LogP contribution in [0.3, 0.4) is 0 Å². The summed E-state index contributed by atoms with van der Waals surface area (Å²) in [6, 6.07) is 10.9. The fourth-order valence-electron chi connectivity index (χ4n) is 5.06. The maximum atomic E-state index is 13.8. The molecule has 35 heavy (non-hydrogen) atoms. The van der Waals surface area contributed by atoms with Crippen LogP contribution in [0.5, 0.6) is 11.5 Å². The van der Waals surface area contributed by atoms with Gasteiger partial charge in [-0.05, 0) is 50.6 Å². The van der Waals surface area contributed by atoms with Crippen molar-refractivity contribution in [3.63, 3.8) is 0 Å². The molecule has 9 heteroatoms. The highest BCUT2D eigenvalue weighted by atomic mass is 16.5. The molecule has 0 unspecified atom stereocenters. The maximum absolute atomic E-state index is 13.8. The van der Waals surface area contributed by atoms with Gasteiger partial charge in [0.05, 0.1) is 38.3 Å². The summed E-state index contributed by atoms with van der Waals surface area (Å²) in [7, 11) is 3.02. The predicted octanol–water partition coefficient (Wildman–Crippen LogP) is 2.68. The molecule has 0 aliphatic carbocycles. The first-order chi connectivity index (χ1) is 16.7. The van der Waals surface area contributed by atoms with E-state index < -0.39 is 41.2 Å². The number of anilines is 1. The van der Waals surface area contributed by atoms with Crippen LogP contribution in [-0.2, 0) is 19.1 Å². The van der Waals surface area contributed by atoms with E-state index in [-0.39, 0.29) is 12.4 Å². The number of methoxy groups -OCH3 is 2. The van der Waals surface area contributed by atoms with Crippen LogP contribution in [0.1, 0.15) is 42.7 Å². The minimum absolute atomic E-state index is 0.126. The number of carbonyl (C=O) groups is 4. The van der Waals surface area contributed by atoms with E-state index in [2.05, 4.69) is 5.32 Å². The second-order valence-electron chi connectivity index (χ2n) is 8.78. The van der Waals surface area contributed by atoms with Crippen molar-refractivity contribution < 1.29 is 33.4 Å². The summed E-state index contributed by atoms with van der Waals surface area (Å²) in [5.74, 6) is -2.70. The third-order valence-electron chi connectivity index (χ3n) is 6.76. The number of ether oxygens (including phenoxy) is 3. The molecule has 2 aromatic rings. The molecule has 2 aliphatic rings. The molecule has 184 valence electrons. The number of hydrogen-bond acceptors (Lipinski definition) is 8. The van der Waals surface area contributed by atoms with Crippen LogP contribution in [0, 0.1) is 11.8 Å². The lowest BCUT2D eigenvalue weighted by molar-refractivity contribution is -0.153. The second-order valence-corrected chi connectivity index (χ2v) is 8.78. The quantitative estimate of drug-likeness (QED) is 0.366. The van der Waals surface area contributed by atoms with E-state index in [0.717, 1.165) is 4.90 Å². The molecular formula is C26H28N2O7. The van der Waals surface area contributed by atoms with Crippen molar-refractivity contribution in [1.82, 2.24) is 5.32 Å². The highest BCUT2D eigenvalue weighted by molar-refractivity contribution is 6.24. The highest BCUT2D eigenvalue weighted by Crippen LogP contribution is 2.50. The fourth-order valence-corrected chi connectivity index (χ4v) is 5.06. The molecule has 0 spiro atoms. The van der Waals surface area contributed by atoms with Gasteiger partial charge < -0.3 is 14.2 Å². The Kier molecular flexibility index (Phi) is 6.38. The largest absolute Gasteiger partial charge is 0.493 e. The van der Waals surface area contributed by atoms with Crippen molar-refractivity contribution in [2.45, 2.75) is 32.4 Å². The number of hydrogen-bond donors (Lipinski definition) is 1. The van der Waals surface area contributed by atoms with Gasteiger partial charge in [-0.3, -0.25) is 24.5 Å². The summed E-state index contributed by atoms with van der Waals surface area (Å²) >= 11 is 0. The summed E-state index contributed by atoms with van der Waals surface area (Å²) in [4.78, 5) is 53.6. The third kappa shape index (κ3) is 3.85. The molecule has 4 atom stereocenters. The normalized spacial score (nSPS) is 25.4. The fraction of sp³-hybridized carbons (Fsp3) is 0.385. The van der Waals surface area contributed by atoms with Gasteiger partial charge in [-0.15, -0.1) is 0 Å². The molecule has 2 fully saturated rings. The van der Waals surface area contributed by atoms with Gasteiger partial charge in [-0.25, -0.2) is 4.90 Å². The average Bonchev–Trinajstić information content (AvgIpc) is 3.32. The number of fused-ring (bicyclic) bond motifs is 1. The zero-order valence-corrected chi connectivity index (χ0v) is 20.3. The lowest BCUT2D eigenvalue weighted by Gasteiger charge is -2.29. The van der Waals surface area contributed by atoms with E-state index in [1.54, 1.807) is 50.2 Å². The van der Waals surface area contributed by atoms with Gasteiger partial charge in [0.25, 0.3) is 0 Å². The van der Waals surface area contributed by atoms with E-state index in [0.29, 0.717) is 28.3 Å². The molecule has 2 aromatic carbocycles. The Morgan fingerprint density at radius 1 is 1.03 bits per heavy atom. The molecule has 0 radical (unpaired) electrons. The maximum Gasteiger partial charge on any atom is 0.326 e. The summed E-state index contributed by atoms with van der Waals surface area (Å²) in [6.07, 6.45) is 0.